The summed E-state index contributed by atoms with van der Waals surface area (Å²) in [6.07, 6.45) is 6.97. The Labute approximate surface area is 200 Å². The molecule has 5 rings (SSSR count). The molecule has 2 aromatic rings. The van der Waals surface area contributed by atoms with Crippen molar-refractivity contribution in [1.82, 2.24) is 14.5 Å². The van der Waals surface area contributed by atoms with Crippen LogP contribution in [-0.4, -0.2) is 51.5 Å². The van der Waals surface area contributed by atoms with Crippen molar-refractivity contribution in [3.63, 3.8) is 0 Å². The summed E-state index contributed by atoms with van der Waals surface area (Å²) in [4.78, 5) is 27.5. The summed E-state index contributed by atoms with van der Waals surface area (Å²) >= 11 is 6.43. The lowest BCUT2D eigenvalue weighted by molar-refractivity contribution is 0.0836. The molecule has 1 atom stereocenters. The molecule has 1 amide bonds. The molecule has 33 heavy (non-hydrogen) atoms. The molecule has 1 saturated carbocycles. The van der Waals surface area contributed by atoms with Crippen molar-refractivity contribution >= 4 is 35.2 Å². The van der Waals surface area contributed by atoms with Crippen LogP contribution in [0.2, 0.25) is 5.02 Å². The van der Waals surface area contributed by atoms with Gasteiger partial charge in [0.25, 0.3) is 5.91 Å². The quantitative estimate of drug-likeness (QED) is 0.642. The predicted octanol–water partition coefficient (Wildman–Crippen LogP) is 5.07. The van der Waals surface area contributed by atoms with Gasteiger partial charge in [-0.2, -0.15) is 4.98 Å². The number of guanidine groups is 1. The fraction of sp³-hybridized carbons (Fsp3) is 0.560. The zero-order valence-electron chi connectivity index (χ0n) is 19.8. The molecule has 1 aromatic heterocycles. The first kappa shape index (κ1) is 22.3. The first-order chi connectivity index (χ1) is 16.0. The largest absolute Gasteiger partial charge is 0.353 e. The monoisotopic (exact) mass is 468 g/mol. The maximum Gasteiger partial charge on any atom is 0.281 e. The molecule has 0 bridgehead atoms. The number of aromatic nitrogens is 2. The van der Waals surface area contributed by atoms with Gasteiger partial charge in [0, 0.05) is 17.6 Å². The second-order valence-corrected chi connectivity index (χ2v) is 9.81. The highest BCUT2D eigenvalue weighted by Gasteiger charge is 2.43. The van der Waals surface area contributed by atoms with Gasteiger partial charge in [0.2, 0.25) is 11.9 Å². The van der Waals surface area contributed by atoms with Gasteiger partial charge in [0.15, 0.2) is 11.5 Å². The van der Waals surface area contributed by atoms with Gasteiger partial charge >= 0.3 is 0 Å². The third-order valence-corrected chi connectivity index (χ3v) is 7.54. The van der Waals surface area contributed by atoms with E-state index in [1.54, 1.807) is 4.90 Å². The first-order valence-electron chi connectivity index (χ1n) is 12.3. The van der Waals surface area contributed by atoms with Crippen LogP contribution in [0.1, 0.15) is 74.0 Å². The molecule has 0 unspecified atom stereocenters. The minimum absolute atomic E-state index is 0.0262. The molecule has 0 saturated heterocycles. The van der Waals surface area contributed by atoms with Gasteiger partial charge in [-0.05, 0) is 50.3 Å². The third-order valence-electron chi connectivity index (χ3n) is 7.13. The van der Waals surface area contributed by atoms with Gasteiger partial charge in [-0.3, -0.25) is 19.2 Å². The van der Waals surface area contributed by atoms with Crippen LogP contribution in [-0.2, 0) is 6.54 Å². The Morgan fingerprint density at radius 3 is 2.67 bits per heavy atom. The minimum atomic E-state index is -0.0262. The van der Waals surface area contributed by atoms with Crippen LogP contribution in [0.25, 0.3) is 0 Å². The van der Waals surface area contributed by atoms with E-state index in [2.05, 4.69) is 27.8 Å². The molecule has 1 fully saturated rings. The topological polar surface area (TPSA) is 65.8 Å². The van der Waals surface area contributed by atoms with Crippen LogP contribution in [0, 0.1) is 6.92 Å². The van der Waals surface area contributed by atoms with Crippen molar-refractivity contribution in [2.75, 3.05) is 23.3 Å². The predicted molar refractivity (Wildman–Crippen MR) is 134 cm³/mol. The number of nitrogens with zero attached hydrogens (tertiary/aromatic N) is 5. The maximum absolute atomic E-state index is 13.7. The highest BCUT2D eigenvalue weighted by atomic mass is 35.5. The second kappa shape index (κ2) is 9.01. The third kappa shape index (κ3) is 4.01. The van der Waals surface area contributed by atoms with Crippen LogP contribution in [0.15, 0.2) is 23.2 Å². The number of carbonyl (C=O) groups is 1. The molecular weight excluding hydrogens is 436 g/mol. The zero-order chi connectivity index (χ0) is 23.1. The second-order valence-electron chi connectivity index (χ2n) is 9.41. The van der Waals surface area contributed by atoms with E-state index in [1.165, 1.54) is 19.3 Å². The van der Waals surface area contributed by atoms with Crippen molar-refractivity contribution in [2.45, 2.75) is 77.9 Å². The molecule has 8 heteroatoms. The number of hydrogen-bond acceptors (Lipinski definition) is 5. The normalized spacial score (nSPS) is 20.7. The zero-order valence-corrected chi connectivity index (χ0v) is 20.5. The molecular formula is C25H33ClN6O. The van der Waals surface area contributed by atoms with E-state index in [0.717, 1.165) is 59.7 Å². The summed E-state index contributed by atoms with van der Waals surface area (Å²) in [6, 6.07) is 6.68. The number of halogens is 1. The van der Waals surface area contributed by atoms with E-state index in [1.807, 2.05) is 26.0 Å². The summed E-state index contributed by atoms with van der Waals surface area (Å²) < 4.78 is 2.06. The number of anilines is 2. The summed E-state index contributed by atoms with van der Waals surface area (Å²) in [5, 5.41) is 4.43. The van der Waals surface area contributed by atoms with E-state index in [4.69, 9.17) is 21.6 Å². The Hall–Kier alpha value is -2.54. The number of fused-ring (bicyclic) bond motifs is 3. The fourth-order valence-corrected chi connectivity index (χ4v) is 5.34. The van der Waals surface area contributed by atoms with Crippen molar-refractivity contribution in [3.8, 4) is 0 Å². The minimum Gasteiger partial charge on any atom is -0.353 e. The van der Waals surface area contributed by atoms with Gasteiger partial charge in [0.05, 0.1) is 19.1 Å². The number of hydrogen-bond donors (Lipinski definition) is 1. The molecule has 1 aliphatic carbocycles. The van der Waals surface area contributed by atoms with Gasteiger partial charge in [-0.1, -0.05) is 49.9 Å². The lowest BCUT2D eigenvalue weighted by atomic mass is 9.96. The molecule has 1 aromatic carbocycles. The van der Waals surface area contributed by atoms with Gasteiger partial charge in [0.1, 0.15) is 0 Å². The molecule has 1 N–H and O–H groups in total. The molecule has 0 radical (unpaired) electrons. The van der Waals surface area contributed by atoms with E-state index in [9.17, 15) is 4.79 Å². The number of imidazole rings is 1. The van der Waals surface area contributed by atoms with Crippen molar-refractivity contribution in [2.24, 2.45) is 4.99 Å². The number of carbonyl (C=O) groups excluding carboxylic acids is 1. The number of aryl methyl sites for hydroxylation is 1. The first-order valence-corrected chi connectivity index (χ1v) is 12.7. The van der Waals surface area contributed by atoms with Crippen molar-refractivity contribution in [1.29, 1.82) is 0 Å². The number of aliphatic imine (C=N–C) groups is 1. The van der Waals surface area contributed by atoms with E-state index >= 15 is 0 Å². The standard InChI is InChI=1S/C25H33ClN6O/c1-4-18-15-32-22-21(23(33)30(5-2)25(32)28-18)31(14-17-12-11-16(3)20(26)13-17)24(29-22)27-19-9-7-6-8-10-19/h11-13,18-19H,4-10,14-15H2,1-3H3,(H,27,29)/t18-/m1/s1. The molecule has 3 aliphatic rings. The Morgan fingerprint density at radius 2 is 1.97 bits per heavy atom. The van der Waals surface area contributed by atoms with Gasteiger partial charge in [-0.15, -0.1) is 0 Å². The van der Waals surface area contributed by atoms with Crippen LogP contribution in [0.3, 0.4) is 0 Å². The summed E-state index contributed by atoms with van der Waals surface area (Å²) in [7, 11) is 0. The van der Waals surface area contributed by atoms with Crippen LogP contribution < -0.4 is 10.2 Å². The number of nitrogens with one attached hydrogen (secondary N) is 1. The van der Waals surface area contributed by atoms with E-state index in [-0.39, 0.29) is 11.9 Å². The smallest absolute Gasteiger partial charge is 0.281 e. The SMILES string of the molecule is CC[C@@H]1CN2C(=N1)N(CC)C(=O)c1c2nc(NC2CCCCC2)n1Cc1ccc(C)c(Cl)c1. The molecule has 2 aliphatic heterocycles. The van der Waals surface area contributed by atoms with E-state index in [0.29, 0.717) is 24.8 Å². The Morgan fingerprint density at radius 1 is 1.18 bits per heavy atom. The Balaban J connectivity index is 1.59. The maximum atomic E-state index is 13.7. The molecule has 7 nitrogen and oxygen atoms in total. The van der Waals surface area contributed by atoms with E-state index < -0.39 is 0 Å². The average molecular weight is 469 g/mol. The van der Waals surface area contributed by atoms with Crippen LogP contribution >= 0.6 is 11.6 Å². The fourth-order valence-electron chi connectivity index (χ4n) is 5.14. The van der Waals surface area contributed by atoms with Gasteiger partial charge in [-0.25, -0.2) is 4.99 Å². The average Bonchev–Trinajstić information content (AvgIpc) is 3.39. The number of benzene rings is 1. The molecule has 176 valence electrons. The summed E-state index contributed by atoms with van der Waals surface area (Å²) in [5.74, 6) is 2.22. The lowest BCUT2D eigenvalue weighted by Gasteiger charge is -2.33. The Kier molecular flexibility index (Phi) is 6.08. The van der Waals surface area contributed by atoms with Crippen molar-refractivity contribution in [3.05, 3.63) is 40.0 Å². The number of amides is 1. The highest BCUT2D eigenvalue weighted by Crippen LogP contribution is 2.36. The van der Waals surface area contributed by atoms with Crippen LogP contribution in [0.5, 0.6) is 0 Å². The summed E-state index contributed by atoms with van der Waals surface area (Å²) in [5.41, 5.74) is 2.74. The Bertz CT molecular complexity index is 1090. The molecule has 0 spiro atoms. The lowest BCUT2D eigenvalue weighted by Crippen LogP contribution is -2.50. The number of rotatable bonds is 6. The molecule has 3 heterocycles. The summed E-state index contributed by atoms with van der Waals surface area (Å²) in [6.45, 7) is 8.03. The van der Waals surface area contributed by atoms with Crippen molar-refractivity contribution < 1.29 is 4.79 Å². The highest BCUT2D eigenvalue weighted by molar-refractivity contribution is 6.31. The van der Waals surface area contributed by atoms with Crippen LogP contribution in [0.4, 0.5) is 11.8 Å². The van der Waals surface area contributed by atoms with Gasteiger partial charge < -0.3 is 5.32 Å².